The predicted molar refractivity (Wildman–Crippen MR) is 101 cm³/mol. The summed E-state index contributed by atoms with van der Waals surface area (Å²) in [4.78, 5) is 24.7. The summed E-state index contributed by atoms with van der Waals surface area (Å²) in [6, 6.07) is 4.12. The van der Waals surface area contributed by atoms with Gasteiger partial charge in [0.2, 0.25) is 0 Å². The Morgan fingerprint density at radius 1 is 1.16 bits per heavy atom. The second-order valence-electron chi connectivity index (χ2n) is 4.95. The monoisotopic (exact) mass is 396 g/mol. The van der Waals surface area contributed by atoms with E-state index in [1.54, 1.807) is 0 Å². The molecule has 0 aromatic heterocycles. The third-order valence-electron chi connectivity index (χ3n) is 3.39. The zero-order valence-electron chi connectivity index (χ0n) is 14.7. The van der Waals surface area contributed by atoms with Gasteiger partial charge in [-0.3, -0.25) is 10.1 Å². The maximum atomic E-state index is 12.0. The molecule has 0 amide bonds. The van der Waals surface area contributed by atoms with Gasteiger partial charge in [0.1, 0.15) is 6.61 Å². The van der Waals surface area contributed by atoms with E-state index in [-0.39, 0.29) is 48.4 Å². The van der Waals surface area contributed by atoms with Crippen LogP contribution < -0.4 is 4.74 Å². The fourth-order valence-corrected chi connectivity index (χ4v) is 2.01. The van der Waals surface area contributed by atoms with Gasteiger partial charge in [0.15, 0.2) is 5.75 Å². The Kier molecular flexibility index (Phi) is 14.1. The van der Waals surface area contributed by atoms with Crippen molar-refractivity contribution in [3.8, 4) is 5.75 Å². The fourth-order valence-electron chi connectivity index (χ4n) is 2.01. The summed E-state index contributed by atoms with van der Waals surface area (Å²) in [5, 5.41) is 11.1. The Labute approximate surface area is 160 Å². The Morgan fingerprint density at radius 2 is 1.80 bits per heavy atom. The van der Waals surface area contributed by atoms with Gasteiger partial charge in [-0.25, -0.2) is 4.79 Å². The molecule has 0 radical (unpaired) electrons. The minimum atomic E-state index is -0.567. The third-order valence-corrected chi connectivity index (χ3v) is 3.39. The highest BCUT2D eigenvalue weighted by Gasteiger charge is 2.19. The molecule has 0 aliphatic carbocycles. The van der Waals surface area contributed by atoms with Crippen molar-refractivity contribution in [2.75, 3.05) is 32.8 Å². The van der Waals surface area contributed by atoms with Crippen molar-refractivity contribution >= 4 is 36.5 Å². The maximum Gasteiger partial charge on any atom is 0.338 e. The van der Waals surface area contributed by atoms with Gasteiger partial charge in [0.25, 0.3) is 0 Å². The Bertz CT molecular complexity index is 539. The number of carbonyl (C=O) groups is 1. The number of likely N-dealkylation sites (N-methyl/N-ethyl adjacent to an activating group) is 1. The topological polar surface area (TPSA) is 81.9 Å². The van der Waals surface area contributed by atoms with Crippen LogP contribution in [0.3, 0.4) is 0 Å². The quantitative estimate of drug-likeness (QED) is 0.340. The molecule has 0 heterocycles. The standard InChI is InChI=1S/C16H24N2O5.2ClH/c1-4-10-22-15-8-7-13(12-14(15)18(20)21)16(19)23-11-9-17(5-2)6-3;;/h7-8,12H,4-6,9-11H2,1-3H3;2*1H. The summed E-state index contributed by atoms with van der Waals surface area (Å²) in [6.07, 6.45) is 0.742. The lowest BCUT2D eigenvalue weighted by Gasteiger charge is -2.17. The van der Waals surface area contributed by atoms with E-state index in [0.717, 1.165) is 19.5 Å². The van der Waals surface area contributed by atoms with Crippen LogP contribution in [0.5, 0.6) is 5.75 Å². The van der Waals surface area contributed by atoms with Crippen LogP contribution in [0.25, 0.3) is 0 Å². The molecule has 0 N–H and O–H groups in total. The maximum absolute atomic E-state index is 12.0. The number of ether oxygens (including phenoxy) is 2. The first-order valence-electron chi connectivity index (χ1n) is 7.84. The van der Waals surface area contributed by atoms with Gasteiger partial charge in [0, 0.05) is 12.6 Å². The van der Waals surface area contributed by atoms with Gasteiger partial charge in [-0.15, -0.1) is 24.8 Å². The second-order valence-corrected chi connectivity index (χ2v) is 4.95. The number of nitro benzene ring substituents is 1. The zero-order chi connectivity index (χ0) is 17.2. The number of halogens is 2. The number of carbonyl (C=O) groups excluding carboxylic acids is 1. The van der Waals surface area contributed by atoms with Gasteiger partial charge in [-0.2, -0.15) is 0 Å². The first-order chi connectivity index (χ1) is 11.0. The lowest BCUT2D eigenvalue weighted by Crippen LogP contribution is -2.27. The molecule has 25 heavy (non-hydrogen) atoms. The van der Waals surface area contributed by atoms with E-state index in [1.807, 2.05) is 20.8 Å². The molecule has 0 spiro atoms. The molecule has 9 heteroatoms. The van der Waals surface area contributed by atoms with Gasteiger partial charge >= 0.3 is 11.7 Å². The second kappa shape index (κ2) is 13.7. The third kappa shape index (κ3) is 8.38. The lowest BCUT2D eigenvalue weighted by molar-refractivity contribution is -0.385. The van der Waals surface area contributed by atoms with Gasteiger partial charge in [0.05, 0.1) is 17.1 Å². The summed E-state index contributed by atoms with van der Waals surface area (Å²) in [5.41, 5.74) is -0.0725. The number of rotatable bonds is 10. The van der Waals surface area contributed by atoms with Crippen LogP contribution in [0.2, 0.25) is 0 Å². The van der Waals surface area contributed by atoms with Crippen molar-refractivity contribution in [2.45, 2.75) is 27.2 Å². The van der Waals surface area contributed by atoms with E-state index >= 15 is 0 Å². The summed E-state index contributed by atoms with van der Waals surface area (Å²) in [5.74, 6) is -0.404. The molecule has 0 unspecified atom stereocenters. The van der Waals surface area contributed by atoms with Crippen LogP contribution in [0.4, 0.5) is 5.69 Å². The highest BCUT2D eigenvalue weighted by molar-refractivity contribution is 5.90. The van der Waals surface area contributed by atoms with Gasteiger partial charge < -0.3 is 14.4 Å². The smallest absolute Gasteiger partial charge is 0.338 e. The molecule has 7 nitrogen and oxygen atoms in total. The molecule has 1 aromatic rings. The van der Waals surface area contributed by atoms with Crippen molar-refractivity contribution in [1.29, 1.82) is 0 Å². The molecule has 1 aromatic carbocycles. The van der Waals surface area contributed by atoms with Crippen molar-refractivity contribution in [3.63, 3.8) is 0 Å². The summed E-state index contributed by atoms with van der Waals surface area (Å²) in [6.45, 7) is 9.00. The number of hydrogen-bond acceptors (Lipinski definition) is 6. The average Bonchev–Trinajstić information content (AvgIpc) is 2.56. The van der Waals surface area contributed by atoms with Crippen LogP contribution >= 0.6 is 24.8 Å². The van der Waals surface area contributed by atoms with Crippen molar-refractivity contribution in [1.82, 2.24) is 4.90 Å². The number of nitrogens with zero attached hydrogens (tertiary/aromatic N) is 2. The minimum absolute atomic E-state index is 0. The molecule has 1 rings (SSSR count). The largest absolute Gasteiger partial charge is 0.487 e. The molecule has 0 aliphatic rings. The van der Waals surface area contributed by atoms with Crippen LogP contribution in [0.15, 0.2) is 18.2 Å². The molecule has 0 aliphatic heterocycles. The highest BCUT2D eigenvalue weighted by Crippen LogP contribution is 2.28. The molecule has 0 atom stereocenters. The van der Waals surface area contributed by atoms with Crippen LogP contribution in [-0.4, -0.2) is 48.6 Å². The number of benzene rings is 1. The van der Waals surface area contributed by atoms with Crippen LogP contribution in [-0.2, 0) is 4.74 Å². The Morgan fingerprint density at radius 3 is 2.32 bits per heavy atom. The molecule has 0 saturated heterocycles. The Hall–Kier alpha value is -1.57. The van der Waals surface area contributed by atoms with E-state index in [4.69, 9.17) is 9.47 Å². The molecule has 0 saturated carbocycles. The summed E-state index contributed by atoms with van der Waals surface area (Å²) >= 11 is 0. The van der Waals surface area contributed by atoms with E-state index in [2.05, 4.69) is 4.90 Å². The van der Waals surface area contributed by atoms with Crippen LogP contribution in [0.1, 0.15) is 37.6 Å². The normalized spacial score (nSPS) is 9.76. The van der Waals surface area contributed by atoms with E-state index < -0.39 is 10.9 Å². The minimum Gasteiger partial charge on any atom is -0.487 e. The molecular formula is C16H26Cl2N2O5. The zero-order valence-corrected chi connectivity index (χ0v) is 16.4. The first kappa shape index (κ1) is 25.7. The highest BCUT2D eigenvalue weighted by atomic mass is 35.5. The summed E-state index contributed by atoms with van der Waals surface area (Å²) in [7, 11) is 0. The van der Waals surface area contributed by atoms with E-state index in [9.17, 15) is 14.9 Å². The van der Waals surface area contributed by atoms with E-state index in [1.165, 1.54) is 18.2 Å². The Balaban J connectivity index is 0. The van der Waals surface area contributed by atoms with Gasteiger partial charge in [-0.05, 0) is 31.6 Å². The molecule has 0 bridgehead atoms. The average molecular weight is 397 g/mol. The fraction of sp³-hybridized carbons (Fsp3) is 0.562. The SMILES string of the molecule is CCCOc1ccc(C(=O)OCCN(CC)CC)cc1[N+](=O)[O-].Cl.Cl. The lowest BCUT2D eigenvalue weighted by atomic mass is 10.2. The van der Waals surface area contributed by atoms with E-state index in [0.29, 0.717) is 13.2 Å². The number of esters is 1. The molecular weight excluding hydrogens is 371 g/mol. The number of nitro groups is 1. The molecule has 144 valence electrons. The van der Waals surface area contributed by atoms with Crippen LogP contribution in [0, 0.1) is 10.1 Å². The molecule has 0 fully saturated rings. The number of hydrogen-bond donors (Lipinski definition) is 0. The van der Waals surface area contributed by atoms with Crippen molar-refractivity contribution in [3.05, 3.63) is 33.9 Å². The summed E-state index contributed by atoms with van der Waals surface area (Å²) < 4.78 is 10.5. The van der Waals surface area contributed by atoms with Crippen molar-refractivity contribution in [2.24, 2.45) is 0 Å². The first-order valence-corrected chi connectivity index (χ1v) is 7.84. The van der Waals surface area contributed by atoms with Crippen molar-refractivity contribution < 1.29 is 19.2 Å². The predicted octanol–water partition coefficient (Wildman–Crippen LogP) is 3.73. The van der Waals surface area contributed by atoms with Gasteiger partial charge in [-0.1, -0.05) is 20.8 Å².